The number of nitrogens with zero attached hydrogens (tertiary/aromatic N) is 1. The lowest BCUT2D eigenvalue weighted by Gasteiger charge is -2.11. The summed E-state index contributed by atoms with van der Waals surface area (Å²) in [5.41, 5.74) is 8.64. The average Bonchev–Trinajstić information content (AvgIpc) is 2.38. The Balaban J connectivity index is 2.10. The number of aryl methyl sites for hydroxylation is 1. The molecule has 0 radical (unpaired) electrons. The number of halogens is 1. The van der Waals surface area contributed by atoms with Gasteiger partial charge >= 0.3 is 0 Å². The molecule has 2 rings (SSSR count). The second-order valence-corrected chi connectivity index (χ2v) is 5.27. The number of hydrogen-bond acceptors (Lipinski definition) is 3. The summed E-state index contributed by atoms with van der Waals surface area (Å²) in [5, 5.41) is 0. The maximum atomic E-state index is 5.85. The summed E-state index contributed by atoms with van der Waals surface area (Å²) in [6, 6.07) is 12.0. The Hall–Kier alpha value is -1.39. The summed E-state index contributed by atoms with van der Waals surface area (Å²) in [5.74, 6) is 0.816. The summed E-state index contributed by atoms with van der Waals surface area (Å²) in [7, 11) is 0. The van der Waals surface area contributed by atoms with Crippen molar-refractivity contribution in [2.45, 2.75) is 20.0 Å². The Labute approximate surface area is 121 Å². The predicted molar refractivity (Wildman–Crippen MR) is 80.2 cm³/mol. The van der Waals surface area contributed by atoms with Gasteiger partial charge in [-0.25, -0.2) is 0 Å². The number of hydrogen-bond donors (Lipinski definition) is 1. The van der Waals surface area contributed by atoms with Crippen molar-refractivity contribution in [3.8, 4) is 5.75 Å². The molecule has 2 aromatic rings. The van der Waals surface area contributed by atoms with Crippen molar-refractivity contribution in [2.24, 2.45) is 5.73 Å². The summed E-state index contributed by atoms with van der Waals surface area (Å²) in [6.45, 7) is 3.07. The molecule has 0 fully saturated rings. The Bertz CT molecular complexity index is 558. The minimum absolute atomic E-state index is 0.530. The minimum atomic E-state index is 0.530. The largest absolute Gasteiger partial charge is 0.487 e. The van der Waals surface area contributed by atoms with E-state index in [4.69, 9.17) is 10.5 Å². The van der Waals surface area contributed by atoms with Gasteiger partial charge in [0.1, 0.15) is 12.4 Å². The van der Waals surface area contributed by atoms with E-state index in [1.807, 2.05) is 43.3 Å². The van der Waals surface area contributed by atoms with Crippen molar-refractivity contribution in [3.63, 3.8) is 0 Å². The van der Waals surface area contributed by atoms with Crippen LogP contribution in [0.4, 0.5) is 0 Å². The van der Waals surface area contributed by atoms with E-state index in [-0.39, 0.29) is 0 Å². The van der Waals surface area contributed by atoms with Crippen molar-refractivity contribution in [1.82, 2.24) is 4.98 Å². The number of nitrogens with two attached hydrogens (primary N) is 1. The first kappa shape index (κ1) is 14.0. The van der Waals surface area contributed by atoms with Gasteiger partial charge < -0.3 is 10.5 Å². The lowest BCUT2D eigenvalue weighted by molar-refractivity contribution is 0.301. The number of ether oxygens (including phenoxy) is 1. The molecule has 1 aromatic carbocycles. The standard InChI is InChI=1S/C15H17BrN2O/c1-11-5-6-15(14(18-11)7-8-17)19-10-12-3-2-4-13(16)9-12/h2-6,9H,7-8,10,17H2,1H3. The Kier molecular flexibility index (Phi) is 4.93. The van der Waals surface area contributed by atoms with E-state index in [1.54, 1.807) is 0 Å². The van der Waals surface area contributed by atoms with Gasteiger partial charge in [-0.15, -0.1) is 0 Å². The zero-order valence-electron chi connectivity index (χ0n) is 10.9. The third-order valence-electron chi connectivity index (χ3n) is 2.74. The van der Waals surface area contributed by atoms with Gasteiger partial charge in [0.25, 0.3) is 0 Å². The first-order valence-electron chi connectivity index (χ1n) is 6.23. The van der Waals surface area contributed by atoms with E-state index in [9.17, 15) is 0 Å². The first-order valence-corrected chi connectivity index (χ1v) is 7.02. The van der Waals surface area contributed by atoms with Gasteiger partial charge in [0.2, 0.25) is 0 Å². The topological polar surface area (TPSA) is 48.1 Å². The number of aromatic nitrogens is 1. The van der Waals surface area contributed by atoms with Gasteiger partial charge in [0.05, 0.1) is 5.69 Å². The highest BCUT2D eigenvalue weighted by Gasteiger charge is 2.05. The number of rotatable bonds is 5. The molecule has 0 unspecified atom stereocenters. The van der Waals surface area contributed by atoms with E-state index in [2.05, 4.69) is 20.9 Å². The van der Waals surface area contributed by atoms with Crippen LogP contribution in [0.5, 0.6) is 5.75 Å². The van der Waals surface area contributed by atoms with Crippen molar-refractivity contribution in [2.75, 3.05) is 6.54 Å². The molecule has 0 bridgehead atoms. The summed E-state index contributed by atoms with van der Waals surface area (Å²) in [4.78, 5) is 4.48. The van der Waals surface area contributed by atoms with Crippen LogP contribution in [0.1, 0.15) is 17.0 Å². The normalized spacial score (nSPS) is 10.5. The highest BCUT2D eigenvalue weighted by atomic mass is 79.9. The lowest BCUT2D eigenvalue weighted by atomic mass is 10.2. The van der Waals surface area contributed by atoms with Crippen molar-refractivity contribution < 1.29 is 4.74 Å². The predicted octanol–water partition coefficient (Wildman–Crippen LogP) is 3.23. The maximum absolute atomic E-state index is 5.85. The molecule has 0 atom stereocenters. The third-order valence-corrected chi connectivity index (χ3v) is 3.23. The molecule has 0 saturated carbocycles. The Morgan fingerprint density at radius 3 is 2.84 bits per heavy atom. The molecule has 0 aliphatic rings. The van der Waals surface area contributed by atoms with E-state index >= 15 is 0 Å². The zero-order valence-corrected chi connectivity index (χ0v) is 12.5. The zero-order chi connectivity index (χ0) is 13.7. The van der Waals surface area contributed by atoms with E-state index < -0.39 is 0 Å². The third kappa shape index (κ3) is 4.04. The van der Waals surface area contributed by atoms with Crippen LogP contribution >= 0.6 is 15.9 Å². The van der Waals surface area contributed by atoms with Crippen molar-refractivity contribution in [1.29, 1.82) is 0 Å². The molecule has 2 N–H and O–H groups in total. The van der Waals surface area contributed by atoms with E-state index in [0.717, 1.165) is 33.6 Å². The van der Waals surface area contributed by atoms with Gasteiger partial charge in [-0.2, -0.15) is 0 Å². The summed E-state index contributed by atoms with van der Waals surface area (Å²) >= 11 is 3.45. The fourth-order valence-corrected chi connectivity index (χ4v) is 2.28. The Morgan fingerprint density at radius 2 is 2.11 bits per heavy atom. The van der Waals surface area contributed by atoms with Crippen LogP contribution in [0.25, 0.3) is 0 Å². The molecule has 0 spiro atoms. The molecule has 19 heavy (non-hydrogen) atoms. The highest BCUT2D eigenvalue weighted by molar-refractivity contribution is 9.10. The SMILES string of the molecule is Cc1ccc(OCc2cccc(Br)c2)c(CCN)n1. The molecule has 0 amide bonds. The van der Waals surface area contributed by atoms with Crippen LogP contribution in [-0.4, -0.2) is 11.5 Å². The molecular weight excluding hydrogens is 304 g/mol. The number of pyridine rings is 1. The second kappa shape index (κ2) is 6.68. The molecule has 0 aliphatic heterocycles. The van der Waals surface area contributed by atoms with Crippen LogP contribution in [0.3, 0.4) is 0 Å². The number of benzene rings is 1. The fourth-order valence-electron chi connectivity index (χ4n) is 1.83. The molecule has 0 saturated heterocycles. The van der Waals surface area contributed by atoms with Gasteiger partial charge in [-0.1, -0.05) is 28.1 Å². The van der Waals surface area contributed by atoms with Crippen LogP contribution in [-0.2, 0) is 13.0 Å². The second-order valence-electron chi connectivity index (χ2n) is 4.35. The maximum Gasteiger partial charge on any atom is 0.141 e. The summed E-state index contributed by atoms with van der Waals surface area (Å²) in [6.07, 6.45) is 0.732. The average molecular weight is 321 g/mol. The summed E-state index contributed by atoms with van der Waals surface area (Å²) < 4.78 is 6.90. The smallest absolute Gasteiger partial charge is 0.141 e. The molecular formula is C15H17BrN2O. The van der Waals surface area contributed by atoms with Gasteiger partial charge in [-0.05, 0) is 43.3 Å². The molecule has 4 heteroatoms. The molecule has 1 aromatic heterocycles. The molecule has 0 aliphatic carbocycles. The first-order chi connectivity index (χ1) is 9.19. The van der Waals surface area contributed by atoms with Crippen LogP contribution in [0, 0.1) is 6.92 Å². The highest BCUT2D eigenvalue weighted by Crippen LogP contribution is 2.20. The van der Waals surface area contributed by atoms with Crippen LogP contribution in [0.2, 0.25) is 0 Å². The van der Waals surface area contributed by atoms with Crippen molar-refractivity contribution in [3.05, 3.63) is 57.8 Å². The lowest BCUT2D eigenvalue weighted by Crippen LogP contribution is -2.08. The van der Waals surface area contributed by atoms with Gasteiger partial charge in [0.15, 0.2) is 0 Å². The van der Waals surface area contributed by atoms with Crippen LogP contribution < -0.4 is 10.5 Å². The van der Waals surface area contributed by atoms with Crippen molar-refractivity contribution >= 4 is 15.9 Å². The van der Waals surface area contributed by atoms with E-state index in [1.165, 1.54) is 0 Å². The Morgan fingerprint density at radius 1 is 1.26 bits per heavy atom. The van der Waals surface area contributed by atoms with Gasteiger partial charge in [0, 0.05) is 16.6 Å². The molecule has 1 heterocycles. The molecule has 3 nitrogen and oxygen atoms in total. The fraction of sp³-hybridized carbons (Fsp3) is 0.267. The van der Waals surface area contributed by atoms with E-state index in [0.29, 0.717) is 13.2 Å². The van der Waals surface area contributed by atoms with Crippen LogP contribution in [0.15, 0.2) is 40.9 Å². The monoisotopic (exact) mass is 320 g/mol. The minimum Gasteiger partial charge on any atom is -0.487 e. The quantitative estimate of drug-likeness (QED) is 0.920. The van der Waals surface area contributed by atoms with Gasteiger partial charge in [-0.3, -0.25) is 4.98 Å². The molecule has 100 valence electrons.